The van der Waals surface area contributed by atoms with Crippen molar-refractivity contribution >= 4 is 5.91 Å². The predicted molar refractivity (Wildman–Crippen MR) is 74.0 cm³/mol. The first-order valence-corrected chi connectivity index (χ1v) is 6.88. The lowest BCUT2D eigenvalue weighted by Crippen LogP contribution is -2.42. The lowest BCUT2D eigenvalue weighted by atomic mass is 10.2. The molecule has 0 radical (unpaired) electrons. The van der Waals surface area contributed by atoms with Crippen LogP contribution in [0.2, 0.25) is 0 Å². The van der Waals surface area contributed by atoms with Crippen LogP contribution in [0.3, 0.4) is 0 Å². The fourth-order valence-electron chi connectivity index (χ4n) is 1.99. The van der Waals surface area contributed by atoms with Crippen LogP contribution in [-0.2, 0) is 4.79 Å². The molecule has 0 aliphatic rings. The number of rotatable bonds is 9. The number of hydrogen-bond acceptors (Lipinski definition) is 3. The lowest BCUT2D eigenvalue weighted by molar-refractivity contribution is -0.123. The molecule has 1 amide bonds. The molecule has 0 saturated carbocycles. The number of carbonyl (C=O) groups excluding carboxylic acids is 1. The van der Waals surface area contributed by atoms with Crippen LogP contribution in [0.5, 0.6) is 0 Å². The third-order valence-corrected chi connectivity index (χ3v) is 2.66. The molecule has 0 heterocycles. The summed E-state index contributed by atoms with van der Waals surface area (Å²) < 4.78 is 0. The molecule has 1 unspecified atom stereocenters. The van der Waals surface area contributed by atoms with Gasteiger partial charge in [0.15, 0.2) is 0 Å². The Kier molecular flexibility index (Phi) is 9.31. The van der Waals surface area contributed by atoms with Crippen molar-refractivity contribution in [3.8, 4) is 6.07 Å². The normalized spacial score (nSPS) is 12.5. The first kappa shape index (κ1) is 16.9. The summed E-state index contributed by atoms with van der Waals surface area (Å²) in [6.45, 7) is 10.3. The monoisotopic (exact) mass is 253 g/mol. The van der Waals surface area contributed by atoms with Gasteiger partial charge in [-0.25, -0.2) is 0 Å². The van der Waals surface area contributed by atoms with E-state index in [9.17, 15) is 4.79 Å². The highest BCUT2D eigenvalue weighted by Gasteiger charge is 2.13. The number of amides is 1. The van der Waals surface area contributed by atoms with E-state index in [1.54, 1.807) is 0 Å². The second-order valence-corrected chi connectivity index (χ2v) is 5.29. The van der Waals surface area contributed by atoms with Gasteiger partial charge in [0.25, 0.3) is 0 Å². The number of nitriles is 1. The third-order valence-electron chi connectivity index (χ3n) is 2.66. The Morgan fingerprint density at radius 3 is 2.56 bits per heavy atom. The summed E-state index contributed by atoms with van der Waals surface area (Å²) in [6, 6.07) is 2.37. The van der Waals surface area contributed by atoms with Gasteiger partial charge in [-0.1, -0.05) is 27.2 Å². The number of nitrogens with one attached hydrogen (secondary N) is 1. The second-order valence-electron chi connectivity index (χ2n) is 5.29. The molecule has 4 heteroatoms. The van der Waals surface area contributed by atoms with E-state index in [1.165, 1.54) is 0 Å². The summed E-state index contributed by atoms with van der Waals surface area (Å²) in [6.07, 6.45) is 2.56. The van der Waals surface area contributed by atoms with E-state index in [0.717, 1.165) is 19.4 Å². The average molecular weight is 253 g/mol. The minimum Gasteiger partial charge on any atom is -0.353 e. The average Bonchev–Trinajstić information content (AvgIpc) is 2.25. The van der Waals surface area contributed by atoms with E-state index in [4.69, 9.17) is 5.26 Å². The minimum absolute atomic E-state index is 0.0644. The molecule has 0 rings (SSSR count). The van der Waals surface area contributed by atoms with Crippen molar-refractivity contribution in [1.82, 2.24) is 10.2 Å². The van der Waals surface area contributed by atoms with Crippen molar-refractivity contribution in [1.29, 1.82) is 5.26 Å². The van der Waals surface area contributed by atoms with Crippen molar-refractivity contribution in [2.24, 2.45) is 5.92 Å². The molecule has 0 aromatic heterocycles. The Morgan fingerprint density at radius 2 is 2.06 bits per heavy atom. The topological polar surface area (TPSA) is 56.1 Å². The molecule has 0 fully saturated rings. The fourth-order valence-corrected chi connectivity index (χ4v) is 1.99. The van der Waals surface area contributed by atoms with Crippen molar-refractivity contribution in [3.05, 3.63) is 0 Å². The highest BCUT2D eigenvalue weighted by atomic mass is 16.2. The fraction of sp³-hybridized carbons (Fsp3) is 0.857. The predicted octanol–water partition coefficient (Wildman–Crippen LogP) is 2.16. The smallest absolute Gasteiger partial charge is 0.234 e. The Balaban J connectivity index is 4.13. The van der Waals surface area contributed by atoms with E-state index >= 15 is 0 Å². The van der Waals surface area contributed by atoms with Crippen LogP contribution in [-0.4, -0.2) is 36.5 Å². The first-order valence-electron chi connectivity index (χ1n) is 6.88. The van der Waals surface area contributed by atoms with Crippen molar-refractivity contribution in [2.45, 2.75) is 53.0 Å². The van der Waals surface area contributed by atoms with Gasteiger partial charge < -0.3 is 5.32 Å². The van der Waals surface area contributed by atoms with E-state index < -0.39 is 0 Å². The zero-order valence-electron chi connectivity index (χ0n) is 12.2. The first-order chi connectivity index (χ1) is 8.49. The van der Waals surface area contributed by atoms with E-state index in [0.29, 0.717) is 25.4 Å². The third kappa shape index (κ3) is 9.00. The Bertz CT molecular complexity index is 271. The Morgan fingerprint density at radius 1 is 1.39 bits per heavy atom. The van der Waals surface area contributed by atoms with E-state index in [1.807, 2.05) is 6.92 Å². The summed E-state index contributed by atoms with van der Waals surface area (Å²) in [7, 11) is 0. The standard InChI is InChI=1S/C14H27N3O/c1-5-7-13(4)16-14(18)11-17(9-6-8-15)10-12(2)3/h12-13H,5-7,9-11H2,1-4H3,(H,16,18). The van der Waals surface area contributed by atoms with Crippen LogP contribution in [0.4, 0.5) is 0 Å². The molecule has 0 aliphatic heterocycles. The van der Waals surface area contributed by atoms with E-state index in [-0.39, 0.29) is 11.9 Å². The van der Waals surface area contributed by atoms with Crippen LogP contribution in [0.1, 0.15) is 47.0 Å². The largest absolute Gasteiger partial charge is 0.353 e. The zero-order chi connectivity index (χ0) is 14.0. The van der Waals surface area contributed by atoms with Crippen molar-refractivity contribution < 1.29 is 4.79 Å². The SMILES string of the molecule is CCCC(C)NC(=O)CN(CCC#N)CC(C)C. The summed E-state index contributed by atoms with van der Waals surface area (Å²) in [5.41, 5.74) is 0. The second kappa shape index (κ2) is 9.90. The highest BCUT2D eigenvalue weighted by molar-refractivity contribution is 5.78. The summed E-state index contributed by atoms with van der Waals surface area (Å²) in [5.74, 6) is 0.569. The molecule has 1 N–H and O–H groups in total. The maximum Gasteiger partial charge on any atom is 0.234 e. The van der Waals surface area contributed by atoms with Gasteiger partial charge in [0, 0.05) is 25.6 Å². The van der Waals surface area contributed by atoms with Crippen LogP contribution < -0.4 is 5.32 Å². The molecule has 0 aliphatic carbocycles. The van der Waals surface area contributed by atoms with Crippen LogP contribution in [0, 0.1) is 17.2 Å². The van der Waals surface area contributed by atoms with Gasteiger partial charge in [0.2, 0.25) is 5.91 Å². The highest BCUT2D eigenvalue weighted by Crippen LogP contribution is 2.00. The van der Waals surface area contributed by atoms with Crippen LogP contribution >= 0.6 is 0 Å². The van der Waals surface area contributed by atoms with Crippen LogP contribution in [0.25, 0.3) is 0 Å². The lowest BCUT2D eigenvalue weighted by Gasteiger charge is -2.23. The summed E-state index contributed by atoms with van der Waals surface area (Å²) >= 11 is 0. The van der Waals surface area contributed by atoms with Gasteiger partial charge in [-0.3, -0.25) is 9.69 Å². The molecule has 4 nitrogen and oxygen atoms in total. The van der Waals surface area contributed by atoms with Gasteiger partial charge in [-0.05, 0) is 19.3 Å². The molecular weight excluding hydrogens is 226 g/mol. The Hall–Kier alpha value is -1.08. The number of nitrogens with zero attached hydrogens (tertiary/aromatic N) is 2. The summed E-state index contributed by atoms with van der Waals surface area (Å²) in [4.78, 5) is 13.9. The quantitative estimate of drug-likeness (QED) is 0.685. The molecule has 0 spiro atoms. The van der Waals surface area contributed by atoms with Gasteiger partial charge in [0.1, 0.15) is 0 Å². The maximum absolute atomic E-state index is 11.8. The van der Waals surface area contributed by atoms with E-state index in [2.05, 4.69) is 37.1 Å². The van der Waals surface area contributed by atoms with Gasteiger partial charge >= 0.3 is 0 Å². The van der Waals surface area contributed by atoms with Gasteiger partial charge in [-0.15, -0.1) is 0 Å². The molecular formula is C14H27N3O. The number of hydrogen-bond donors (Lipinski definition) is 1. The molecule has 0 saturated heterocycles. The van der Waals surface area contributed by atoms with Crippen molar-refractivity contribution in [3.63, 3.8) is 0 Å². The maximum atomic E-state index is 11.8. The Labute approximate surface area is 111 Å². The molecule has 1 atom stereocenters. The molecule has 0 aromatic carbocycles. The van der Waals surface area contributed by atoms with Crippen molar-refractivity contribution in [2.75, 3.05) is 19.6 Å². The van der Waals surface area contributed by atoms with Gasteiger partial charge in [-0.2, -0.15) is 5.26 Å². The molecule has 0 bridgehead atoms. The minimum atomic E-state index is 0.0644. The summed E-state index contributed by atoms with van der Waals surface area (Å²) in [5, 5.41) is 11.6. The van der Waals surface area contributed by atoms with Crippen LogP contribution in [0.15, 0.2) is 0 Å². The number of carbonyl (C=O) groups is 1. The molecule has 104 valence electrons. The zero-order valence-corrected chi connectivity index (χ0v) is 12.2. The molecule has 18 heavy (non-hydrogen) atoms. The molecule has 0 aromatic rings. The van der Waals surface area contributed by atoms with Gasteiger partial charge in [0.05, 0.1) is 12.6 Å².